The van der Waals surface area contributed by atoms with Gasteiger partial charge in [0, 0.05) is 26.3 Å². The van der Waals surface area contributed by atoms with Crippen LogP contribution in [0.3, 0.4) is 0 Å². The molecule has 1 amide bonds. The number of halogens is 2. The molecule has 0 aromatic carbocycles. The summed E-state index contributed by atoms with van der Waals surface area (Å²) in [5.74, 6) is 0.0115. The highest BCUT2D eigenvalue weighted by molar-refractivity contribution is 7.17. The summed E-state index contributed by atoms with van der Waals surface area (Å²) in [4.78, 5) is 23.5. The van der Waals surface area contributed by atoms with Crippen molar-refractivity contribution in [2.75, 3.05) is 27.2 Å². The second-order valence-corrected chi connectivity index (χ2v) is 5.48. The molecule has 0 aliphatic heterocycles. The van der Waals surface area contributed by atoms with Gasteiger partial charge in [0.1, 0.15) is 9.88 Å². The van der Waals surface area contributed by atoms with Gasteiger partial charge in [-0.2, -0.15) is 0 Å². The molecule has 2 aromatic heterocycles. The summed E-state index contributed by atoms with van der Waals surface area (Å²) < 4.78 is 0. The zero-order valence-electron chi connectivity index (χ0n) is 12.7. The van der Waals surface area contributed by atoms with Crippen LogP contribution in [0.25, 0.3) is 10.7 Å². The number of carbonyl (C=O) groups excluding carboxylic acids is 1. The molecule has 1 N–H and O–H groups in total. The predicted molar refractivity (Wildman–Crippen MR) is 95.5 cm³/mol. The van der Waals surface area contributed by atoms with Crippen LogP contribution < -0.4 is 5.32 Å². The molecular weight excluding hydrogens is 343 g/mol. The summed E-state index contributed by atoms with van der Waals surface area (Å²) in [6, 6.07) is 5.68. The second kappa shape index (κ2) is 9.74. The van der Waals surface area contributed by atoms with Gasteiger partial charge in [-0.1, -0.05) is 6.07 Å². The maximum Gasteiger partial charge on any atom is 0.265 e. The van der Waals surface area contributed by atoms with Gasteiger partial charge in [0.05, 0.1) is 11.4 Å². The van der Waals surface area contributed by atoms with Crippen LogP contribution in [-0.2, 0) is 0 Å². The van der Waals surface area contributed by atoms with Crippen LogP contribution in [0, 0.1) is 6.92 Å². The highest BCUT2D eigenvalue weighted by Crippen LogP contribution is 2.27. The van der Waals surface area contributed by atoms with Crippen LogP contribution in [0.1, 0.15) is 15.4 Å². The average molecular weight is 363 g/mol. The third-order valence-electron chi connectivity index (χ3n) is 2.92. The number of aryl methyl sites for hydroxylation is 1. The number of likely N-dealkylation sites (N-methyl/N-ethyl adjacent to an activating group) is 2. The van der Waals surface area contributed by atoms with Crippen molar-refractivity contribution in [2.45, 2.75) is 6.92 Å². The van der Waals surface area contributed by atoms with Crippen LogP contribution in [0.5, 0.6) is 0 Å². The number of thiazole rings is 1. The van der Waals surface area contributed by atoms with E-state index in [1.165, 1.54) is 11.3 Å². The van der Waals surface area contributed by atoms with Crippen molar-refractivity contribution >= 4 is 42.1 Å². The van der Waals surface area contributed by atoms with E-state index in [1.807, 2.05) is 32.2 Å². The number of hydrogen-bond acceptors (Lipinski definition) is 5. The Hall–Kier alpha value is -1.21. The first-order valence-corrected chi connectivity index (χ1v) is 7.24. The SMILES string of the molecule is CNCCN(C)C(=O)c1sc(-c2ccccn2)nc1C.Cl.Cl. The van der Waals surface area contributed by atoms with E-state index in [2.05, 4.69) is 15.3 Å². The molecule has 0 aliphatic rings. The summed E-state index contributed by atoms with van der Waals surface area (Å²) >= 11 is 1.40. The maximum atomic E-state index is 12.4. The van der Waals surface area contributed by atoms with E-state index in [9.17, 15) is 4.79 Å². The van der Waals surface area contributed by atoms with Gasteiger partial charge >= 0.3 is 0 Å². The summed E-state index contributed by atoms with van der Waals surface area (Å²) in [7, 11) is 3.68. The smallest absolute Gasteiger partial charge is 0.265 e. The number of hydrogen-bond donors (Lipinski definition) is 1. The molecular formula is C14H20Cl2N4OS. The minimum absolute atomic E-state index is 0. The maximum absolute atomic E-state index is 12.4. The standard InChI is InChI=1S/C14H18N4OS.2ClH/c1-10-12(14(19)18(3)9-8-15-2)20-13(17-10)11-6-4-5-7-16-11;;/h4-7,15H,8-9H2,1-3H3;2*1H. The molecule has 0 saturated carbocycles. The van der Waals surface area contributed by atoms with Crippen molar-refractivity contribution in [3.05, 3.63) is 35.0 Å². The normalized spacial score (nSPS) is 9.59. The Kier molecular flexibility index (Phi) is 9.20. The van der Waals surface area contributed by atoms with Gasteiger partial charge in [0.25, 0.3) is 5.91 Å². The van der Waals surface area contributed by atoms with Gasteiger partial charge in [-0.15, -0.1) is 36.2 Å². The van der Waals surface area contributed by atoms with E-state index in [-0.39, 0.29) is 30.7 Å². The molecule has 2 rings (SSSR count). The molecule has 5 nitrogen and oxygen atoms in total. The zero-order chi connectivity index (χ0) is 14.5. The molecule has 22 heavy (non-hydrogen) atoms. The quantitative estimate of drug-likeness (QED) is 0.887. The monoisotopic (exact) mass is 362 g/mol. The lowest BCUT2D eigenvalue weighted by Gasteiger charge is -2.15. The van der Waals surface area contributed by atoms with E-state index in [1.54, 1.807) is 18.1 Å². The lowest BCUT2D eigenvalue weighted by Crippen LogP contribution is -2.32. The van der Waals surface area contributed by atoms with Crippen LogP contribution >= 0.6 is 36.2 Å². The number of nitrogens with zero attached hydrogens (tertiary/aromatic N) is 3. The van der Waals surface area contributed by atoms with Gasteiger partial charge in [-0.05, 0) is 26.1 Å². The largest absolute Gasteiger partial charge is 0.340 e. The predicted octanol–water partition coefficient (Wildman–Crippen LogP) is 2.65. The topological polar surface area (TPSA) is 58.1 Å². The third kappa shape index (κ3) is 4.91. The van der Waals surface area contributed by atoms with Gasteiger partial charge in [0.2, 0.25) is 0 Å². The number of rotatable bonds is 5. The lowest BCUT2D eigenvalue weighted by atomic mass is 10.3. The summed E-state index contributed by atoms with van der Waals surface area (Å²) in [6.07, 6.45) is 1.73. The zero-order valence-corrected chi connectivity index (χ0v) is 15.1. The highest BCUT2D eigenvalue weighted by Gasteiger charge is 2.19. The molecule has 2 aromatic rings. The molecule has 0 spiro atoms. The van der Waals surface area contributed by atoms with Crippen molar-refractivity contribution in [3.8, 4) is 10.7 Å². The molecule has 122 valence electrons. The molecule has 0 unspecified atom stereocenters. The Labute approximate surface area is 147 Å². The van der Waals surface area contributed by atoms with Crippen molar-refractivity contribution in [3.63, 3.8) is 0 Å². The Morgan fingerprint density at radius 1 is 1.36 bits per heavy atom. The molecule has 8 heteroatoms. The fourth-order valence-corrected chi connectivity index (χ4v) is 2.79. The Morgan fingerprint density at radius 3 is 2.68 bits per heavy atom. The molecule has 0 bridgehead atoms. The van der Waals surface area contributed by atoms with Crippen LogP contribution in [-0.4, -0.2) is 48.0 Å². The van der Waals surface area contributed by atoms with Crippen LogP contribution in [0.2, 0.25) is 0 Å². The van der Waals surface area contributed by atoms with Crippen molar-refractivity contribution < 1.29 is 4.79 Å². The third-order valence-corrected chi connectivity index (χ3v) is 4.09. The molecule has 0 aliphatic carbocycles. The number of carbonyl (C=O) groups is 1. The Morgan fingerprint density at radius 2 is 2.09 bits per heavy atom. The minimum atomic E-state index is 0. The van der Waals surface area contributed by atoms with Crippen LogP contribution in [0.15, 0.2) is 24.4 Å². The van der Waals surface area contributed by atoms with Crippen molar-refractivity contribution in [1.29, 1.82) is 0 Å². The summed E-state index contributed by atoms with van der Waals surface area (Å²) in [5.41, 5.74) is 1.56. The van der Waals surface area contributed by atoms with Gasteiger partial charge in [-0.25, -0.2) is 4.98 Å². The van der Waals surface area contributed by atoms with Gasteiger partial charge < -0.3 is 10.2 Å². The van der Waals surface area contributed by atoms with E-state index in [0.717, 1.165) is 22.9 Å². The van der Waals surface area contributed by atoms with E-state index < -0.39 is 0 Å². The number of nitrogens with one attached hydrogen (secondary N) is 1. The lowest BCUT2D eigenvalue weighted by molar-refractivity contribution is 0.0800. The fraction of sp³-hybridized carbons (Fsp3) is 0.357. The molecule has 0 fully saturated rings. The van der Waals surface area contributed by atoms with E-state index in [0.29, 0.717) is 11.4 Å². The molecule has 0 saturated heterocycles. The van der Waals surface area contributed by atoms with Crippen molar-refractivity contribution in [2.24, 2.45) is 0 Å². The first-order chi connectivity index (χ1) is 9.63. The van der Waals surface area contributed by atoms with Gasteiger partial charge in [-0.3, -0.25) is 9.78 Å². The molecule has 0 atom stereocenters. The van der Waals surface area contributed by atoms with Crippen LogP contribution in [0.4, 0.5) is 0 Å². The minimum Gasteiger partial charge on any atom is -0.340 e. The summed E-state index contributed by atoms with van der Waals surface area (Å²) in [6.45, 7) is 3.31. The van der Waals surface area contributed by atoms with E-state index in [4.69, 9.17) is 0 Å². The number of amides is 1. The highest BCUT2D eigenvalue weighted by atomic mass is 35.5. The van der Waals surface area contributed by atoms with Crippen molar-refractivity contribution in [1.82, 2.24) is 20.2 Å². The first-order valence-electron chi connectivity index (χ1n) is 6.42. The van der Waals surface area contributed by atoms with Gasteiger partial charge in [0.15, 0.2) is 0 Å². The Balaban J connectivity index is 0.00000220. The first kappa shape index (κ1) is 20.8. The molecule has 2 heterocycles. The second-order valence-electron chi connectivity index (χ2n) is 4.48. The number of aromatic nitrogens is 2. The average Bonchev–Trinajstić information content (AvgIpc) is 2.87. The van der Waals surface area contributed by atoms with E-state index >= 15 is 0 Å². The number of pyridine rings is 1. The summed E-state index contributed by atoms with van der Waals surface area (Å²) in [5, 5.41) is 3.82. The Bertz CT molecular complexity index is 592. The molecule has 0 radical (unpaired) electrons. The fourth-order valence-electron chi connectivity index (χ4n) is 1.75.